The van der Waals surface area contributed by atoms with Crippen molar-refractivity contribution in [3.63, 3.8) is 0 Å². The summed E-state index contributed by atoms with van der Waals surface area (Å²) in [4.78, 5) is 29.3. The van der Waals surface area contributed by atoms with Crippen LogP contribution >= 0.6 is 11.3 Å². The number of anilines is 1. The average molecular weight is 441 g/mol. The van der Waals surface area contributed by atoms with Crippen LogP contribution in [0.3, 0.4) is 0 Å². The molecule has 2 aromatic carbocycles. The van der Waals surface area contributed by atoms with Crippen LogP contribution in [0.15, 0.2) is 74.1 Å². The Morgan fingerprint density at radius 1 is 1.13 bits per heavy atom. The summed E-state index contributed by atoms with van der Waals surface area (Å²) >= 11 is 1.13. The number of sulfone groups is 1. The van der Waals surface area contributed by atoms with E-state index < -0.39 is 21.4 Å². The summed E-state index contributed by atoms with van der Waals surface area (Å²) in [6.07, 6.45) is 0. The minimum Gasteiger partial charge on any atom is -0.422 e. The molecular formula is C21H16N2O5S2. The Morgan fingerprint density at radius 3 is 2.67 bits per heavy atom. The fraction of sp³-hybridized carbons (Fsp3) is 0.0952. The second kappa shape index (κ2) is 7.85. The first-order valence-electron chi connectivity index (χ1n) is 9.01. The molecule has 0 bridgehead atoms. The van der Waals surface area contributed by atoms with Gasteiger partial charge in [-0.1, -0.05) is 37.3 Å². The van der Waals surface area contributed by atoms with Crippen LogP contribution in [0, 0.1) is 0 Å². The number of thiazole rings is 1. The summed E-state index contributed by atoms with van der Waals surface area (Å²) < 4.78 is 29.9. The van der Waals surface area contributed by atoms with Crippen molar-refractivity contribution in [3.05, 3.63) is 76.0 Å². The van der Waals surface area contributed by atoms with Crippen molar-refractivity contribution in [2.45, 2.75) is 11.8 Å². The van der Waals surface area contributed by atoms with Crippen LogP contribution in [-0.2, 0) is 9.84 Å². The zero-order valence-corrected chi connectivity index (χ0v) is 17.4. The van der Waals surface area contributed by atoms with E-state index in [9.17, 15) is 18.0 Å². The summed E-state index contributed by atoms with van der Waals surface area (Å²) in [5, 5.41) is 5.24. The molecule has 1 amide bonds. The maximum atomic E-state index is 12.7. The highest BCUT2D eigenvalue weighted by molar-refractivity contribution is 7.91. The van der Waals surface area contributed by atoms with Crippen LogP contribution in [0.2, 0.25) is 0 Å². The minimum atomic E-state index is -3.56. The molecule has 7 nitrogen and oxygen atoms in total. The molecule has 0 aliphatic heterocycles. The maximum Gasteiger partial charge on any atom is 0.345 e. The van der Waals surface area contributed by atoms with Crippen molar-refractivity contribution in [1.82, 2.24) is 4.98 Å². The molecule has 0 aliphatic carbocycles. The van der Waals surface area contributed by atoms with Crippen molar-refractivity contribution in [1.29, 1.82) is 0 Å². The predicted molar refractivity (Wildman–Crippen MR) is 116 cm³/mol. The SMILES string of the molecule is CCS(=O)(=O)c1ccccc1C(=O)Nc1nc(-c2cc3ccccc3oc2=O)cs1. The largest absolute Gasteiger partial charge is 0.422 e. The summed E-state index contributed by atoms with van der Waals surface area (Å²) in [5.74, 6) is -0.703. The normalized spacial score (nSPS) is 11.5. The number of fused-ring (bicyclic) bond motifs is 1. The number of carbonyl (C=O) groups is 1. The molecule has 4 aromatic rings. The number of para-hydroxylation sites is 1. The first kappa shape index (κ1) is 20.0. The monoisotopic (exact) mass is 440 g/mol. The van der Waals surface area contributed by atoms with Crippen molar-refractivity contribution in [3.8, 4) is 11.3 Å². The number of hydrogen-bond acceptors (Lipinski definition) is 7. The van der Waals surface area contributed by atoms with Gasteiger partial charge in [-0.05, 0) is 24.3 Å². The molecule has 4 rings (SSSR count). The molecule has 0 saturated carbocycles. The highest BCUT2D eigenvalue weighted by Crippen LogP contribution is 2.26. The maximum absolute atomic E-state index is 12.7. The van der Waals surface area contributed by atoms with E-state index in [2.05, 4.69) is 10.3 Å². The van der Waals surface area contributed by atoms with E-state index in [0.29, 0.717) is 11.3 Å². The Balaban J connectivity index is 1.65. The number of aromatic nitrogens is 1. The molecular weight excluding hydrogens is 424 g/mol. The van der Waals surface area contributed by atoms with Crippen LogP contribution in [0.25, 0.3) is 22.2 Å². The molecule has 0 radical (unpaired) electrons. The van der Waals surface area contributed by atoms with Crippen LogP contribution in [0.5, 0.6) is 0 Å². The third-order valence-electron chi connectivity index (χ3n) is 4.49. The van der Waals surface area contributed by atoms with Gasteiger partial charge in [0.1, 0.15) is 5.58 Å². The Bertz CT molecular complexity index is 1420. The van der Waals surface area contributed by atoms with E-state index in [1.165, 1.54) is 19.1 Å². The molecule has 0 fully saturated rings. The number of rotatable bonds is 5. The molecule has 2 aromatic heterocycles. The Kier molecular flexibility index (Phi) is 5.23. The molecule has 0 atom stereocenters. The average Bonchev–Trinajstić information content (AvgIpc) is 3.21. The predicted octanol–water partition coefficient (Wildman–Crippen LogP) is 3.96. The lowest BCUT2D eigenvalue weighted by molar-refractivity contribution is 0.102. The highest BCUT2D eigenvalue weighted by atomic mass is 32.2. The van der Waals surface area contributed by atoms with Gasteiger partial charge in [-0.2, -0.15) is 0 Å². The second-order valence-electron chi connectivity index (χ2n) is 6.38. The molecule has 0 aliphatic rings. The molecule has 0 unspecified atom stereocenters. The van der Waals surface area contributed by atoms with Crippen LogP contribution in [-0.4, -0.2) is 25.1 Å². The lowest BCUT2D eigenvalue weighted by Crippen LogP contribution is -2.17. The molecule has 1 N–H and O–H groups in total. The standard InChI is InChI=1S/C21H16N2O5S2/c1-2-30(26,27)18-10-6-4-8-14(18)19(24)23-21-22-16(12-29-21)15-11-13-7-3-5-9-17(13)28-20(15)25/h3-12H,2H2,1H3,(H,22,23,24). The first-order chi connectivity index (χ1) is 14.4. The Morgan fingerprint density at radius 2 is 1.87 bits per heavy atom. The van der Waals surface area contributed by atoms with Gasteiger partial charge in [0, 0.05) is 10.8 Å². The molecule has 152 valence electrons. The fourth-order valence-corrected chi connectivity index (χ4v) is 4.74. The summed E-state index contributed by atoms with van der Waals surface area (Å²) in [6.45, 7) is 1.52. The number of benzene rings is 2. The molecule has 0 saturated heterocycles. The zero-order valence-electron chi connectivity index (χ0n) is 15.8. The van der Waals surface area contributed by atoms with E-state index in [1.807, 2.05) is 12.1 Å². The van der Waals surface area contributed by atoms with Crippen molar-refractivity contribution < 1.29 is 17.6 Å². The van der Waals surface area contributed by atoms with Gasteiger partial charge in [0.25, 0.3) is 5.91 Å². The van der Waals surface area contributed by atoms with E-state index in [4.69, 9.17) is 4.42 Å². The number of amides is 1. The molecule has 30 heavy (non-hydrogen) atoms. The van der Waals surface area contributed by atoms with Crippen LogP contribution < -0.4 is 10.9 Å². The zero-order chi connectivity index (χ0) is 21.3. The Labute approximate surface area is 175 Å². The molecule has 2 heterocycles. The van der Waals surface area contributed by atoms with Gasteiger partial charge in [0.15, 0.2) is 15.0 Å². The fourth-order valence-electron chi connectivity index (χ4n) is 2.94. The third kappa shape index (κ3) is 3.77. The summed E-state index contributed by atoms with van der Waals surface area (Å²) in [7, 11) is -3.56. The van der Waals surface area contributed by atoms with Gasteiger partial charge >= 0.3 is 5.63 Å². The van der Waals surface area contributed by atoms with E-state index in [0.717, 1.165) is 16.7 Å². The van der Waals surface area contributed by atoms with Crippen LogP contribution in [0.4, 0.5) is 5.13 Å². The first-order valence-corrected chi connectivity index (χ1v) is 11.5. The topological polar surface area (TPSA) is 106 Å². The van der Waals surface area contributed by atoms with Crippen molar-refractivity contribution in [2.24, 2.45) is 0 Å². The number of nitrogens with zero attached hydrogens (tertiary/aromatic N) is 1. The number of carbonyl (C=O) groups excluding carboxylic acids is 1. The van der Waals surface area contributed by atoms with Crippen LogP contribution in [0.1, 0.15) is 17.3 Å². The second-order valence-corrected chi connectivity index (χ2v) is 9.48. The van der Waals surface area contributed by atoms with Gasteiger partial charge < -0.3 is 4.42 Å². The van der Waals surface area contributed by atoms with Gasteiger partial charge in [-0.25, -0.2) is 18.2 Å². The van der Waals surface area contributed by atoms with E-state index >= 15 is 0 Å². The van der Waals surface area contributed by atoms with Gasteiger partial charge in [0.05, 0.1) is 27.5 Å². The van der Waals surface area contributed by atoms with Gasteiger partial charge in [-0.15, -0.1) is 11.3 Å². The summed E-state index contributed by atoms with van der Waals surface area (Å²) in [6, 6.07) is 14.8. The smallest absolute Gasteiger partial charge is 0.345 e. The third-order valence-corrected chi connectivity index (χ3v) is 7.03. The Hall–Kier alpha value is -3.30. The lowest BCUT2D eigenvalue weighted by Gasteiger charge is -2.08. The molecule has 0 spiro atoms. The van der Waals surface area contributed by atoms with E-state index in [-0.39, 0.29) is 26.9 Å². The summed E-state index contributed by atoms with van der Waals surface area (Å²) in [5.41, 5.74) is 0.630. The van der Waals surface area contributed by atoms with Gasteiger partial charge in [-0.3, -0.25) is 10.1 Å². The van der Waals surface area contributed by atoms with Crippen molar-refractivity contribution >= 4 is 43.2 Å². The number of hydrogen-bond donors (Lipinski definition) is 1. The minimum absolute atomic E-state index is 0.0306. The van der Waals surface area contributed by atoms with E-state index in [1.54, 1.807) is 35.7 Å². The lowest BCUT2D eigenvalue weighted by atomic mass is 10.1. The quantitative estimate of drug-likeness (QED) is 0.471. The van der Waals surface area contributed by atoms with Crippen molar-refractivity contribution in [2.75, 3.05) is 11.1 Å². The molecule has 9 heteroatoms. The number of nitrogens with one attached hydrogen (secondary N) is 1. The highest BCUT2D eigenvalue weighted by Gasteiger charge is 2.21. The van der Waals surface area contributed by atoms with Gasteiger partial charge in [0.2, 0.25) is 0 Å².